The molecule has 2 rings (SSSR count). The van der Waals surface area contributed by atoms with Crippen LogP contribution in [0.4, 0.5) is 0 Å². The molecular formula is C12H20N2O2. The molecule has 0 aromatic carbocycles. The van der Waals surface area contributed by atoms with Gasteiger partial charge < -0.3 is 10.6 Å². The van der Waals surface area contributed by atoms with E-state index in [-0.39, 0.29) is 23.8 Å². The predicted octanol–water partition coefficient (Wildman–Crippen LogP) is 0.961. The van der Waals surface area contributed by atoms with Crippen LogP contribution in [0.15, 0.2) is 0 Å². The summed E-state index contributed by atoms with van der Waals surface area (Å²) >= 11 is 0. The van der Waals surface area contributed by atoms with Gasteiger partial charge in [0.2, 0.25) is 11.8 Å². The summed E-state index contributed by atoms with van der Waals surface area (Å²) in [4.78, 5) is 22.9. The van der Waals surface area contributed by atoms with E-state index in [1.165, 1.54) is 6.42 Å². The summed E-state index contributed by atoms with van der Waals surface area (Å²) in [6.07, 6.45) is 6.90. The van der Waals surface area contributed by atoms with Gasteiger partial charge in [-0.1, -0.05) is 12.8 Å². The molecule has 1 atom stereocenters. The van der Waals surface area contributed by atoms with Gasteiger partial charge in [0.15, 0.2) is 0 Å². The SMILES string of the molecule is O=C1CCCCC(CNC(=O)C2CCC2)N1. The minimum atomic E-state index is 0.125. The highest BCUT2D eigenvalue weighted by Gasteiger charge is 2.25. The molecule has 2 amide bonds. The van der Waals surface area contributed by atoms with Gasteiger partial charge in [-0.25, -0.2) is 0 Å². The molecule has 1 unspecified atom stereocenters. The van der Waals surface area contributed by atoms with E-state index >= 15 is 0 Å². The molecule has 2 fully saturated rings. The van der Waals surface area contributed by atoms with Crippen LogP contribution in [0.2, 0.25) is 0 Å². The van der Waals surface area contributed by atoms with Crippen LogP contribution in [0, 0.1) is 5.92 Å². The molecule has 2 aliphatic rings. The molecule has 16 heavy (non-hydrogen) atoms. The first kappa shape index (κ1) is 11.4. The molecule has 0 spiro atoms. The lowest BCUT2D eigenvalue weighted by Gasteiger charge is -2.25. The lowest BCUT2D eigenvalue weighted by Crippen LogP contribution is -2.45. The van der Waals surface area contributed by atoms with Crippen molar-refractivity contribution in [1.29, 1.82) is 0 Å². The average molecular weight is 224 g/mol. The Morgan fingerprint density at radius 1 is 1.25 bits per heavy atom. The van der Waals surface area contributed by atoms with Gasteiger partial charge in [-0.15, -0.1) is 0 Å². The van der Waals surface area contributed by atoms with E-state index in [1.54, 1.807) is 0 Å². The van der Waals surface area contributed by atoms with Gasteiger partial charge in [0.05, 0.1) is 0 Å². The lowest BCUT2D eigenvalue weighted by atomic mass is 9.85. The molecule has 0 bridgehead atoms. The largest absolute Gasteiger partial charge is 0.354 e. The van der Waals surface area contributed by atoms with Crippen molar-refractivity contribution in [3.05, 3.63) is 0 Å². The maximum Gasteiger partial charge on any atom is 0.223 e. The summed E-state index contributed by atoms with van der Waals surface area (Å²) in [6.45, 7) is 0.598. The highest BCUT2D eigenvalue weighted by molar-refractivity contribution is 5.79. The zero-order valence-electron chi connectivity index (χ0n) is 9.63. The van der Waals surface area contributed by atoms with Crippen LogP contribution in [0.3, 0.4) is 0 Å². The number of hydrogen-bond acceptors (Lipinski definition) is 2. The Bertz CT molecular complexity index is 274. The zero-order chi connectivity index (χ0) is 11.4. The first-order chi connectivity index (χ1) is 7.75. The summed E-state index contributed by atoms with van der Waals surface area (Å²) < 4.78 is 0. The normalized spacial score (nSPS) is 26.5. The molecule has 0 aromatic heterocycles. The quantitative estimate of drug-likeness (QED) is 0.750. The number of amides is 2. The molecular weight excluding hydrogens is 204 g/mol. The van der Waals surface area contributed by atoms with E-state index in [4.69, 9.17) is 0 Å². The lowest BCUT2D eigenvalue weighted by molar-refractivity contribution is -0.128. The van der Waals surface area contributed by atoms with Gasteiger partial charge in [-0.05, 0) is 25.7 Å². The van der Waals surface area contributed by atoms with Gasteiger partial charge in [0.25, 0.3) is 0 Å². The maximum absolute atomic E-state index is 11.6. The van der Waals surface area contributed by atoms with E-state index in [9.17, 15) is 9.59 Å². The molecule has 1 saturated heterocycles. The Hall–Kier alpha value is -1.06. The minimum Gasteiger partial charge on any atom is -0.354 e. The Labute approximate surface area is 96.2 Å². The molecule has 4 heteroatoms. The molecule has 1 heterocycles. The number of hydrogen-bond donors (Lipinski definition) is 2. The standard InChI is InChI=1S/C12H20N2O2/c15-11-7-2-1-6-10(14-11)8-13-12(16)9-4-3-5-9/h9-10H,1-8H2,(H,13,16)(H,14,15). The molecule has 90 valence electrons. The molecule has 0 aromatic rings. The summed E-state index contributed by atoms with van der Waals surface area (Å²) in [5.41, 5.74) is 0. The Kier molecular flexibility index (Phi) is 3.80. The third-order valence-electron chi connectivity index (χ3n) is 3.57. The van der Waals surface area contributed by atoms with E-state index in [0.717, 1.165) is 32.1 Å². The minimum absolute atomic E-state index is 0.125. The third kappa shape index (κ3) is 2.97. The van der Waals surface area contributed by atoms with Crippen molar-refractivity contribution in [2.24, 2.45) is 5.92 Å². The fourth-order valence-electron chi connectivity index (χ4n) is 2.24. The van der Waals surface area contributed by atoms with Gasteiger partial charge in [0.1, 0.15) is 0 Å². The van der Waals surface area contributed by atoms with Gasteiger partial charge >= 0.3 is 0 Å². The summed E-state index contributed by atoms with van der Waals surface area (Å²) in [6, 6.07) is 0.138. The number of nitrogens with one attached hydrogen (secondary N) is 2. The second-order valence-corrected chi connectivity index (χ2v) is 4.88. The van der Waals surface area contributed by atoms with Crippen molar-refractivity contribution in [3.63, 3.8) is 0 Å². The van der Waals surface area contributed by atoms with E-state index in [1.807, 2.05) is 0 Å². The number of carbonyl (C=O) groups excluding carboxylic acids is 2. The van der Waals surface area contributed by atoms with Crippen molar-refractivity contribution < 1.29 is 9.59 Å². The molecule has 1 saturated carbocycles. The van der Waals surface area contributed by atoms with Gasteiger partial charge in [-0.3, -0.25) is 9.59 Å². The highest BCUT2D eigenvalue weighted by Crippen LogP contribution is 2.26. The van der Waals surface area contributed by atoms with Crippen molar-refractivity contribution >= 4 is 11.8 Å². The fourth-order valence-corrected chi connectivity index (χ4v) is 2.24. The number of rotatable bonds is 3. The third-order valence-corrected chi connectivity index (χ3v) is 3.57. The maximum atomic E-state index is 11.6. The smallest absolute Gasteiger partial charge is 0.223 e. The van der Waals surface area contributed by atoms with Crippen LogP contribution in [0.25, 0.3) is 0 Å². The van der Waals surface area contributed by atoms with Crippen LogP contribution < -0.4 is 10.6 Å². The molecule has 2 N–H and O–H groups in total. The van der Waals surface area contributed by atoms with E-state index < -0.39 is 0 Å². The van der Waals surface area contributed by atoms with Crippen molar-refractivity contribution in [2.75, 3.05) is 6.54 Å². The number of carbonyl (C=O) groups is 2. The van der Waals surface area contributed by atoms with Gasteiger partial charge in [-0.2, -0.15) is 0 Å². The summed E-state index contributed by atoms with van der Waals surface area (Å²) in [5, 5.41) is 5.90. The summed E-state index contributed by atoms with van der Waals surface area (Å²) in [5.74, 6) is 0.534. The Morgan fingerprint density at radius 2 is 2.06 bits per heavy atom. The van der Waals surface area contributed by atoms with Crippen LogP contribution in [-0.2, 0) is 9.59 Å². The van der Waals surface area contributed by atoms with E-state index in [2.05, 4.69) is 10.6 Å². The van der Waals surface area contributed by atoms with Crippen LogP contribution in [0.5, 0.6) is 0 Å². The fraction of sp³-hybridized carbons (Fsp3) is 0.833. The van der Waals surface area contributed by atoms with Gasteiger partial charge in [0, 0.05) is 24.9 Å². The van der Waals surface area contributed by atoms with Crippen LogP contribution >= 0.6 is 0 Å². The van der Waals surface area contributed by atoms with E-state index in [0.29, 0.717) is 13.0 Å². The molecule has 1 aliphatic carbocycles. The predicted molar refractivity (Wildman–Crippen MR) is 60.7 cm³/mol. The molecule has 0 radical (unpaired) electrons. The average Bonchev–Trinajstić information content (AvgIpc) is 2.37. The summed E-state index contributed by atoms with van der Waals surface area (Å²) in [7, 11) is 0. The van der Waals surface area contributed by atoms with Crippen LogP contribution in [0.1, 0.15) is 44.9 Å². The first-order valence-corrected chi connectivity index (χ1v) is 6.33. The van der Waals surface area contributed by atoms with Crippen molar-refractivity contribution in [2.45, 2.75) is 51.0 Å². The highest BCUT2D eigenvalue weighted by atomic mass is 16.2. The molecule has 4 nitrogen and oxygen atoms in total. The second kappa shape index (κ2) is 5.32. The van der Waals surface area contributed by atoms with Crippen molar-refractivity contribution in [1.82, 2.24) is 10.6 Å². The monoisotopic (exact) mass is 224 g/mol. The van der Waals surface area contributed by atoms with Crippen molar-refractivity contribution in [3.8, 4) is 0 Å². The second-order valence-electron chi connectivity index (χ2n) is 4.88. The zero-order valence-corrected chi connectivity index (χ0v) is 9.63. The van der Waals surface area contributed by atoms with Crippen LogP contribution in [-0.4, -0.2) is 24.4 Å². The Morgan fingerprint density at radius 3 is 2.75 bits per heavy atom. The topological polar surface area (TPSA) is 58.2 Å². The molecule has 1 aliphatic heterocycles. The Balaban J connectivity index is 1.71. The first-order valence-electron chi connectivity index (χ1n) is 6.33.